The summed E-state index contributed by atoms with van der Waals surface area (Å²) in [6, 6.07) is 4.10. The van der Waals surface area contributed by atoms with Crippen LogP contribution in [0.25, 0.3) is 11.5 Å². The lowest BCUT2D eigenvalue weighted by Crippen LogP contribution is -2.38. The van der Waals surface area contributed by atoms with Crippen LogP contribution in [0.4, 0.5) is 8.78 Å². The molecule has 0 N–H and O–H groups in total. The van der Waals surface area contributed by atoms with E-state index in [0.29, 0.717) is 24.7 Å². The van der Waals surface area contributed by atoms with Crippen LogP contribution in [0.5, 0.6) is 0 Å². The van der Waals surface area contributed by atoms with Crippen LogP contribution >= 0.6 is 22.9 Å². The van der Waals surface area contributed by atoms with Gasteiger partial charge in [0, 0.05) is 31.0 Å². The molecule has 0 aliphatic carbocycles. The average molecular weight is 426 g/mol. The molecular weight excluding hydrogens is 408 g/mol. The smallest absolute Gasteiger partial charge is 0.271 e. The van der Waals surface area contributed by atoms with Gasteiger partial charge in [-0.1, -0.05) is 31.2 Å². The maximum atomic E-state index is 13.7. The second kappa shape index (κ2) is 7.56. The lowest BCUT2D eigenvalue weighted by molar-refractivity contribution is 0.0175. The number of rotatable bonds is 3. The summed E-state index contributed by atoms with van der Waals surface area (Å²) in [5.41, 5.74) is 2.15. The molecule has 148 valence electrons. The number of carbonyl (C=O) groups excluding carboxylic acids is 1. The van der Waals surface area contributed by atoms with Gasteiger partial charge in [0.2, 0.25) is 0 Å². The highest BCUT2D eigenvalue weighted by Crippen LogP contribution is 2.35. The Kier molecular flexibility index (Phi) is 5.49. The lowest BCUT2D eigenvalue weighted by Gasteiger charge is -2.28. The molecule has 1 aromatic carbocycles. The van der Waals surface area contributed by atoms with Crippen LogP contribution in [0.2, 0.25) is 5.02 Å². The van der Waals surface area contributed by atoms with Crippen LogP contribution in [0.3, 0.4) is 0 Å². The van der Waals surface area contributed by atoms with Gasteiger partial charge >= 0.3 is 0 Å². The van der Waals surface area contributed by atoms with Crippen molar-refractivity contribution in [1.29, 1.82) is 0 Å². The SMILES string of the molecule is C.CC(F)(F)c1cccc(C(=O)N2CCn3c(nnc3-c3cscn3)C2)c1Cl. The molecule has 1 amide bonds. The standard InChI is InChI=1S/C17H14ClF2N5OS.CH4/c1-17(19,20)11-4-2-3-10(14(11)18)16(26)24-5-6-25-13(7-24)22-23-15(25)12-8-27-9-21-12;/h2-4,8-9H,5-7H2,1H3;1H4. The first-order valence-electron chi connectivity index (χ1n) is 8.13. The van der Waals surface area contributed by atoms with Crippen molar-refractivity contribution in [3.05, 3.63) is 51.1 Å². The molecule has 0 radical (unpaired) electrons. The third-order valence-electron chi connectivity index (χ3n) is 4.40. The number of fused-ring (bicyclic) bond motifs is 1. The Bertz CT molecular complexity index is 1000. The number of nitrogens with zero attached hydrogens (tertiary/aromatic N) is 5. The summed E-state index contributed by atoms with van der Waals surface area (Å²) in [5, 5.41) is 9.98. The first-order chi connectivity index (χ1) is 12.9. The summed E-state index contributed by atoms with van der Waals surface area (Å²) >= 11 is 7.58. The second-order valence-electron chi connectivity index (χ2n) is 6.25. The zero-order valence-electron chi connectivity index (χ0n) is 14.2. The molecule has 6 nitrogen and oxygen atoms in total. The van der Waals surface area contributed by atoms with Crippen molar-refractivity contribution in [2.75, 3.05) is 6.54 Å². The van der Waals surface area contributed by atoms with E-state index in [4.69, 9.17) is 11.6 Å². The van der Waals surface area contributed by atoms with Gasteiger partial charge in [0.1, 0.15) is 5.69 Å². The van der Waals surface area contributed by atoms with Gasteiger partial charge in [-0.25, -0.2) is 13.8 Å². The number of alkyl halides is 2. The zero-order chi connectivity index (χ0) is 19.2. The molecule has 4 rings (SSSR count). The van der Waals surface area contributed by atoms with E-state index in [1.54, 1.807) is 5.51 Å². The van der Waals surface area contributed by atoms with Gasteiger partial charge in [-0.05, 0) is 6.07 Å². The molecular formula is C18H18ClF2N5OS. The molecule has 0 bridgehead atoms. The molecule has 28 heavy (non-hydrogen) atoms. The molecule has 3 aromatic rings. The number of amides is 1. The van der Waals surface area contributed by atoms with Crippen LogP contribution < -0.4 is 0 Å². The number of halogens is 3. The quantitative estimate of drug-likeness (QED) is 0.621. The topological polar surface area (TPSA) is 63.9 Å². The first kappa shape index (κ1) is 20.3. The fourth-order valence-electron chi connectivity index (χ4n) is 3.05. The zero-order valence-corrected chi connectivity index (χ0v) is 15.8. The predicted molar refractivity (Wildman–Crippen MR) is 104 cm³/mol. The molecule has 10 heteroatoms. The molecule has 0 atom stereocenters. The molecule has 0 saturated carbocycles. The first-order valence-corrected chi connectivity index (χ1v) is 9.45. The van der Waals surface area contributed by atoms with E-state index in [1.807, 2.05) is 9.95 Å². The van der Waals surface area contributed by atoms with Gasteiger partial charge in [-0.3, -0.25) is 4.79 Å². The number of thiazole rings is 1. The minimum atomic E-state index is -3.13. The fourth-order valence-corrected chi connectivity index (χ4v) is 3.95. The van der Waals surface area contributed by atoms with E-state index in [1.165, 1.54) is 34.4 Å². The Balaban J connectivity index is 0.00000225. The molecule has 3 heterocycles. The number of aromatic nitrogens is 4. The van der Waals surface area contributed by atoms with Crippen molar-refractivity contribution in [1.82, 2.24) is 24.6 Å². The number of benzene rings is 1. The van der Waals surface area contributed by atoms with E-state index in [-0.39, 0.29) is 30.1 Å². The van der Waals surface area contributed by atoms with Gasteiger partial charge < -0.3 is 9.47 Å². The van der Waals surface area contributed by atoms with Crippen LogP contribution in [0.1, 0.15) is 36.1 Å². The van der Waals surface area contributed by atoms with Gasteiger partial charge in [0.05, 0.1) is 22.6 Å². The Hall–Kier alpha value is -2.39. The van der Waals surface area contributed by atoms with E-state index in [0.717, 1.165) is 12.6 Å². The van der Waals surface area contributed by atoms with Crippen molar-refractivity contribution < 1.29 is 13.6 Å². The number of hydrogen-bond donors (Lipinski definition) is 0. The third-order valence-corrected chi connectivity index (χ3v) is 5.40. The highest BCUT2D eigenvalue weighted by Gasteiger charge is 2.32. The van der Waals surface area contributed by atoms with Crippen LogP contribution in [0, 0.1) is 0 Å². The van der Waals surface area contributed by atoms with Crippen molar-refractivity contribution >= 4 is 28.8 Å². The molecule has 0 fully saturated rings. The predicted octanol–water partition coefficient (Wildman–Crippen LogP) is 4.46. The van der Waals surface area contributed by atoms with Crippen molar-refractivity contribution in [2.24, 2.45) is 0 Å². The Morgan fingerprint density at radius 3 is 2.75 bits per heavy atom. The molecule has 2 aromatic heterocycles. The van der Waals surface area contributed by atoms with Crippen molar-refractivity contribution in [3.63, 3.8) is 0 Å². The van der Waals surface area contributed by atoms with E-state index < -0.39 is 11.8 Å². The monoisotopic (exact) mass is 425 g/mol. The molecule has 1 aliphatic heterocycles. The lowest BCUT2D eigenvalue weighted by atomic mass is 10.0. The minimum Gasteiger partial charge on any atom is -0.329 e. The Morgan fingerprint density at radius 2 is 2.07 bits per heavy atom. The maximum Gasteiger partial charge on any atom is 0.271 e. The van der Waals surface area contributed by atoms with Crippen molar-refractivity contribution in [2.45, 2.75) is 33.4 Å². The summed E-state index contributed by atoms with van der Waals surface area (Å²) in [5.74, 6) is -2.26. The summed E-state index contributed by atoms with van der Waals surface area (Å²) in [6.07, 6.45) is 0. The summed E-state index contributed by atoms with van der Waals surface area (Å²) in [7, 11) is 0. The van der Waals surface area contributed by atoms with E-state index in [2.05, 4.69) is 15.2 Å². The summed E-state index contributed by atoms with van der Waals surface area (Å²) in [4.78, 5) is 18.6. The molecule has 0 saturated heterocycles. The minimum absolute atomic E-state index is 0. The number of carbonyl (C=O) groups is 1. The molecule has 1 aliphatic rings. The normalized spacial score (nSPS) is 13.8. The van der Waals surface area contributed by atoms with Gasteiger partial charge in [-0.2, -0.15) is 0 Å². The molecule has 0 spiro atoms. The van der Waals surface area contributed by atoms with Gasteiger partial charge in [0.15, 0.2) is 11.6 Å². The van der Waals surface area contributed by atoms with Crippen LogP contribution in [0.15, 0.2) is 29.1 Å². The van der Waals surface area contributed by atoms with Crippen LogP contribution in [-0.4, -0.2) is 37.1 Å². The average Bonchev–Trinajstić information content (AvgIpc) is 3.29. The second-order valence-corrected chi connectivity index (χ2v) is 7.34. The highest BCUT2D eigenvalue weighted by molar-refractivity contribution is 7.07. The summed E-state index contributed by atoms with van der Waals surface area (Å²) < 4.78 is 29.3. The number of hydrogen-bond acceptors (Lipinski definition) is 5. The van der Waals surface area contributed by atoms with Gasteiger partial charge in [0.25, 0.3) is 11.8 Å². The Morgan fingerprint density at radius 1 is 1.29 bits per heavy atom. The highest BCUT2D eigenvalue weighted by atomic mass is 35.5. The summed E-state index contributed by atoms with van der Waals surface area (Å²) in [6.45, 7) is 1.86. The maximum absolute atomic E-state index is 13.7. The Labute approximate surface area is 169 Å². The van der Waals surface area contributed by atoms with Gasteiger partial charge in [-0.15, -0.1) is 21.5 Å². The fraction of sp³-hybridized carbons (Fsp3) is 0.333. The molecule has 0 unspecified atom stereocenters. The van der Waals surface area contributed by atoms with E-state index >= 15 is 0 Å². The third kappa shape index (κ3) is 3.51. The van der Waals surface area contributed by atoms with Crippen molar-refractivity contribution in [3.8, 4) is 11.5 Å². The van der Waals surface area contributed by atoms with Crippen LogP contribution in [-0.2, 0) is 19.0 Å². The van der Waals surface area contributed by atoms with E-state index in [9.17, 15) is 13.6 Å². The largest absolute Gasteiger partial charge is 0.329 e.